The largest absolute Gasteiger partial charge is 0.444 e. The van der Waals surface area contributed by atoms with Crippen LogP contribution in [-0.2, 0) is 16.1 Å². The number of nitrogens with zero attached hydrogens (tertiary/aromatic N) is 1. The number of rotatable bonds is 4. The van der Waals surface area contributed by atoms with Gasteiger partial charge in [0.05, 0.1) is 19.3 Å². The van der Waals surface area contributed by atoms with Gasteiger partial charge in [0.15, 0.2) is 0 Å². The zero-order valence-electron chi connectivity index (χ0n) is 18.5. The zero-order chi connectivity index (χ0) is 21.8. The second-order valence-electron chi connectivity index (χ2n) is 9.19. The third kappa shape index (κ3) is 5.45. The van der Waals surface area contributed by atoms with E-state index in [0.29, 0.717) is 19.7 Å². The van der Waals surface area contributed by atoms with Crippen molar-refractivity contribution >= 4 is 16.9 Å². The summed E-state index contributed by atoms with van der Waals surface area (Å²) in [7, 11) is 0. The highest BCUT2D eigenvalue weighted by Crippen LogP contribution is 2.32. The van der Waals surface area contributed by atoms with E-state index in [-0.39, 0.29) is 18.1 Å². The Kier molecular flexibility index (Phi) is 6.28. The van der Waals surface area contributed by atoms with Crippen molar-refractivity contribution in [3.05, 3.63) is 83.9 Å². The average Bonchev–Trinajstić information content (AvgIpc) is 2.77. The molecule has 0 saturated carbocycles. The van der Waals surface area contributed by atoms with Crippen LogP contribution in [0.25, 0.3) is 10.8 Å². The molecule has 0 N–H and O–H groups in total. The molecule has 3 aromatic rings. The Morgan fingerprint density at radius 3 is 2.55 bits per heavy atom. The summed E-state index contributed by atoms with van der Waals surface area (Å²) in [5.74, 6) is 0.230. The lowest BCUT2D eigenvalue weighted by Gasteiger charge is -2.39. The molecule has 161 valence electrons. The summed E-state index contributed by atoms with van der Waals surface area (Å²) in [6.45, 7) is 7.37. The molecule has 1 aliphatic heterocycles. The smallest absolute Gasteiger partial charge is 0.410 e. The summed E-state index contributed by atoms with van der Waals surface area (Å²) in [5, 5.41) is 2.43. The van der Waals surface area contributed by atoms with E-state index in [2.05, 4.69) is 54.6 Å². The van der Waals surface area contributed by atoms with Crippen LogP contribution in [0.1, 0.15) is 44.2 Å². The van der Waals surface area contributed by atoms with Crippen LogP contribution in [0.2, 0.25) is 0 Å². The van der Waals surface area contributed by atoms with Crippen molar-refractivity contribution in [1.82, 2.24) is 4.90 Å². The van der Waals surface area contributed by atoms with Gasteiger partial charge in [0.25, 0.3) is 0 Å². The first-order chi connectivity index (χ1) is 14.9. The second kappa shape index (κ2) is 9.11. The molecule has 0 bridgehead atoms. The van der Waals surface area contributed by atoms with Gasteiger partial charge in [-0.1, -0.05) is 60.7 Å². The summed E-state index contributed by atoms with van der Waals surface area (Å²) < 4.78 is 12.0. The molecule has 0 spiro atoms. The molecular weight excluding hydrogens is 386 g/mol. The number of likely N-dealkylation sites (tertiary alicyclic amines) is 1. The van der Waals surface area contributed by atoms with E-state index in [4.69, 9.17) is 9.47 Å². The van der Waals surface area contributed by atoms with Crippen molar-refractivity contribution in [3.63, 3.8) is 0 Å². The van der Waals surface area contributed by atoms with Crippen molar-refractivity contribution in [2.75, 3.05) is 13.1 Å². The Bertz CT molecular complexity index is 1030. The molecule has 0 aromatic heterocycles. The lowest BCUT2D eigenvalue weighted by Crippen LogP contribution is -2.48. The molecule has 0 aliphatic carbocycles. The quantitative estimate of drug-likeness (QED) is 0.527. The Hall–Kier alpha value is -2.85. The fourth-order valence-electron chi connectivity index (χ4n) is 4.14. The molecule has 2 unspecified atom stereocenters. The minimum atomic E-state index is -0.509. The van der Waals surface area contributed by atoms with Gasteiger partial charge in [-0.25, -0.2) is 4.79 Å². The standard InChI is InChI=1S/C27H30NO3/c1-27(2,3)31-26(29)28-16-15-24(22-10-5-4-6-11-22)25(18-28)30-19-20-13-14-21-9-7-8-12-23(21)17-20/h5-14,17,24-25H,15-16,18-19H2,1-3H3. The topological polar surface area (TPSA) is 38.8 Å². The summed E-state index contributed by atoms with van der Waals surface area (Å²) >= 11 is 0. The first kappa shape index (κ1) is 21.4. The predicted octanol–water partition coefficient (Wildman–Crippen LogP) is 5.95. The zero-order valence-corrected chi connectivity index (χ0v) is 18.5. The van der Waals surface area contributed by atoms with Crippen LogP contribution in [0, 0.1) is 6.07 Å². The SMILES string of the molecule is CC(C)(C)OC(=O)N1CCC(c2cc[c]cc2)C(OCc2ccc3ccccc3c2)C1. The molecular formula is C27H30NO3. The molecule has 1 amide bonds. The maximum absolute atomic E-state index is 12.7. The number of benzene rings is 3. The van der Waals surface area contributed by atoms with Gasteiger partial charge in [-0.2, -0.15) is 0 Å². The third-order valence-corrected chi connectivity index (χ3v) is 5.66. The van der Waals surface area contributed by atoms with Crippen LogP contribution in [0.5, 0.6) is 0 Å². The van der Waals surface area contributed by atoms with Crippen molar-refractivity contribution in [2.45, 2.75) is 51.4 Å². The van der Waals surface area contributed by atoms with Crippen LogP contribution in [-0.4, -0.2) is 35.8 Å². The van der Waals surface area contributed by atoms with Crippen LogP contribution in [0.4, 0.5) is 4.79 Å². The minimum Gasteiger partial charge on any atom is -0.444 e. The number of carbonyl (C=O) groups is 1. The van der Waals surface area contributed by atoms with E-state index in [1.807, 2.05) is 39.0 Å². The number of amides is 1. The molecule has 1 radical (unpaired) electrons. The fraction of sp³-hybridized carbons (Fsp3) is 0.370. The molecule has 31 heavy (non-hydrogen) atoms. The predicted molar refractivity (Wildman–Crippen MR) is 123 cm³/mol. The van der Waals surface area contributed by atoms with Gasteiger partial charge in [-0.3, -0.25) is 0 Å². The van der Waals surface area contributed by atoms with Crippen molar-refractivity contribution < 1.29 is 14.3 Å². The van der Waals surface area contributed by atoms with Gasteiger partial charge in [-0.05, 0) is 61.2 Å². The van der Waals surface area contributed by atoms with Crippen LogP contribution in [0.15, 0.2) is 66.7 Å². The summed E-state index contributed by atoms with van der Waals surface area (Å²) in [6.07, 6.45) is 0.466. The van der Waals surface area contributed by atoms with Gasteiger partial charge in [0.2, 0.25) is 0 Å². The second-order valence-corrected chi connectivity index (χ2v) is 9.19. The number of hydrogen-bond donors (Lipinski definition) is 0. The van der Waals surface area contributed by atoms with E-state index in [1.165, 1.54) is 16.3 Å². The number of carbonyl (C=O) groups excluding carboxylic acids is 1. The highest BCUT2D eigenvalue weighted by atomic mass is 16.6. The highest BCUT2D eigenvalue weighted by Gasteiger charge is 2.35. The molecule has 3 aromatic carbocycles. The van der Waals surface area contributed by atoms with Crippen molar-refractivity contribution in [2.24, 2.45) is 0 Å². The van der Waals surface area contributed by atoms with E-state index >= 15 is 0 Å². The van der Waals surface area contributed by atoms with Gasteiger partial charge < -0.3 is 14.4 Å². The van der Waals surface area contributed by atoms with Crippen molar-refractivity contribution in [3.8, 4) is 0 Å². The molecule has 1 fully saturated rings. The first-order valence-electron chi connectivity index (χ1n) is 10.9. The lowest BCUT2D eigenvalue weighted by molar-refractivity contribution is -0.0359. The van der Waals surface area contributed by atoms with Gasteiger partial charge in [0.1, 0.15) is 5.60 Å². The van der Waals surface area contributed by atoms with Crippen LogP contribution in [0.3, 0.4) is 0 Å². The maximum Gasteiger partial charge on any atom is 0.410 e. The molecule has 1 aliphatic rings. The summed E-state index contributed by atoms with van der Waals surface area (Å²) in [4.78, 5) is 14.4. The fourth-order valence-corrected chi connectivity index (χ4v) is 4.14. The van der Waals surface area contributed by atoms with Gasteiger partial charge >= 0.3 is 6.09 Å². The van der Waals surface area contributed by atoms with E-state index in [1.54, 1.807) is 4.90 Å². The first-order valence-corrected chi connectivity index (χ1v) is 10.9. The third-order valence-electron chi connectivity index (χ3n) is 5.66. The number of ether oxygens (including phenoxy) is 2. The Balaban J connectivity index is 1.50. The van der Waals surface area contributed by atoms with E-state index < -0.39 is 5.60 Å². The molecule has 1 saturated heterocycles. The Morgan fingerprint density at radius 2 is 1.81 bits per heavy atom. The normalized spacial score (nSPS) is 19.4. The summed E-state index contributed by atoms with van der Waals surface area (Å²) in [5.41, 5.74) is 1.85. The lowest BCUT2D eigenvalue weighted by atomic mass is 9.87. The van der Waals surface area contributed by atoms with Crippen LogP contribution >= 0.6 is 0 Å². The Morgan fingerprint density at radius 1 is 1.06 bits per heavy atom. The Labute approximate surface area is 184 Å². The molecule has 4 heteroatoms. The van der Waals surface area contributed by atoms with Gasteiger partial charge in [-0.15, -0.1) is 0 Å². The molecule has 4 rings (SSSR count). The monoisotopic (exact) mass is 416 g/mol. The van der Waals surface area contributed by atoms with E-state index in [9.17, 15) is 4.79 Å². The van der Waals surface area contributed by atoms with E-state index in [0.717, 1.165) is 12.0 Å². The average molecular weight is 417 g/mol. The summed E-state index contributed by atoms with van der Waals surface area (Å²) in [6, 6.07) is 25.9. The molecule has 2 atom stereocenters. The number of hydrogen-bond acceptors (Lipinski definition) is 3. The number of piperidine rings is 1. The van der Waals surface area contributed by atoms with Crippen LogP contribution < -0.4 is 0 Å². The highest BCUT2D eigenvalue weighted by molar-refractivity contribution is 5.82. The number of fused-ring (bicyclic) bond motifs is 1. The van der Waals surface area contributed by atoms with Gasteiger partial charge in [0, 0.05) is 12.5 Å². The minimum absolute atomic E-state index is 0.102. The molecule has 1 heterocycles. The van der Waals surface area contributed by atoms with Crippen molar-refractivity contribution in [1.29, 1.82) is 0 Å². The maximum atomic E-state index is 12.7. The molecule has 4 nitrogen and oxygen atoms in total.